The van der Waals surface area contributed by atoms with Gasteiger partial charge in [0.15, 0.2) is 5.82 Å². The average Bonchev–Trinajstić information content (AvgIpc) is 3.02. The van der Waals surface area contributed by atoms with Crippen molar-refractivity contribution in [2.75, 3.05) is 29.9 Å². The summed E-state index contributed by atoms with van der Waals surface area (Å²) >= 11 is 12.5. The Bertz CT molecular complexity index is 934. The second-order valence-electron chi connectivity index (χ2n) is 6.40. The van der Waals surface area contributed by atoms with Gasteiger partial charge in [0.1, 0.15) is 5.52 Å². The van der Waals surface area contributed by atoms with E-state index in [2.05, 4.69) is 35.1 Å². The number of nitrogens with zero attached hydrogens (tertiary/aromatic N) is 5. The fraction of sp³-hybridized carbons (Fsp3) is 0.400. The number of hydrogen-bond donors (Lipinski definition) is 0. The summed E-state index contributed by atoms with van der Waals surface area (Å²) in [6.07, 6.45) is 5.71. The van der Waals surface area contributed by atoms with Gasteiger partial charge in [0.05, 0.1) is 16.4 Å². The highest BCUT2D eigenvalue weighted by Crippen LogP contribution is 2.35. The summed E-state index contributed by atoms with van der Waals surface area (Å²) in [7, 11) is 1.97. The first kappa shape index (κ1) is 19.8. The molecule has 0 N–H and O–H groups in total. The summed E-state index contributed by atoms with van der Waals surface area (Å²) in [5.41, 5.74) is 2.98. The lowest BCUT2D eigenvalue weighted by Crippen LogP contribution is -2.24. The van der Waals surface area contributed by atoms with Gasteiger partial charge in [-0.15, -0.1) is 0 Å². The van der Waals surface area contributed by atoms with E-state index in [0.29, 0.717) is 10.0 Å². The van der Waals surface area contributed by atoms with E-state index in [9.17, 15) is 0 Å². The summed E-state index contributed by atoms with van der Waals surface area (Å²) in [6, 6.07) is 5.50. The molecule has 1 aromatic carbocycles. The number of halogens is 2. The number of hydrogen-bond acceptors (Lipinski definition) is 4. The van der Waals surface area contributed by atoms with Crippen LogP contribution in [0.5, 0.6) is 0 Å². The standard InChI is InChI=1S/C20H25Cl2N5/c1-5-8-16-18-19(26(6-2)7-3)23-11-12-27(18)20(24-16)25(4)17-10-9-14(21)13-15(17)22/h9-13H,5-8H2,1-4H3. The molecule has 27 heavy (non-hydrogen) atoms. The summed E-state index contributed by atoms with van der Waals surface area (Å²) in [6.45, 7) is 8.25. The normalized spacial score (nSPS) is 11.2. The van der Waals surface area contributed by atoms with Crippen molar-refractivity contribution in [2.24, 2.45) is 0 Å². The molecule has 144 valence electrons. The third-order valence-corrected chi connectivity index (χ3v) is 5.25. The van der Waals surface area contributed by atoms with Crippen LogP contribution in [0.4, 0.5) is 17.5 Å². The van der Waals surface area contributed by atoms with Gasteiger partial charge in [-0.05, 0) is 38.5 Å². The predicted molar refractivity (Wildman–Crippen MR) is 115 cm³/mol. The Morgan fingerprint density at radius 2 is 1.85 bits per heavy atom. The molecular formula is C20H25Cl2N5. The van der Waals surface area contributed by atoms with Crippen LogP contribution in [0.1, 0.15) is 32.9 Å². The molecule has 7 heteroatoms. The zero-order valence-corrected chi connectivity index (χ0v) is 17.7. The first-order chi connectivity index (χ1) is 13.0. The van der Waals surface area contributed by atoms with Gasteiger partial charge in [-0.25, -0.2) is 9.97 Å². The summed E-state index contributed by atoms with van der Waals surface area (Å²) < 4.78 is 2.11. The zero-order chi connectivity index (χ0) is 19.6. The van der Waals surface area contributed by atoms with Crippen molar-refractivity contribution in [1.82, 2.24) is 14.4 Å². The van der Waals surface area contributed by atoms with Crippen molar-refractivity contribution in [3.63, 3.8) is 0 Å². The molecule has 0 radical (unpaired) electrons. The second-order valence-corrected chi connectivity index (χ2v) is 7.25. The molecule has 0 aliphatic carbocycles. The smallest absolute Gasteiger partial charge is 0.214 e. The number of benzene rings is 1. The molecule has 0 amide bonds. The highest BCUT2D eigenvalue weighted by Gasteiger charge is 2.21. The van der Waals surface area contributed by atoms with E-state index in [0.717, 1.165) is 54.6 Å². The predicted octanol–water partition coefficient (Wildman–Crippen LogP) is 5.60. The quantitative estimate of drug-likeness (QED) is 0.512. The number of aromatic nitrogens is 3. The highest BCUT2D eigenvalue weighted by molar-refractivity contribution is 6.36. The molecule has 0 atom stereocenters. The topological polar surface area (TPSA) is 36.7 Å². The maximum Gasteiger partial charge on any atom is 0.214 e. The average molecular weight is 406 g/mol. The minimum absolute atomic E-state index is 0.594. The van der Waals surface area contributed by atoms with E-state index in [-0.39, 0.29) is 0 Å². The van der Waals surface area contributed by atoms with Gasteiger partial charge in [0, 0.05) is 37.6 Å². The van der Waals surface area contributed by atoms with Crippen LogP contribution in [0.15, 0.2) is 30.6 Å². The lowest BCUT2D eigenvalue weighted by molar-refractivity contribution is 0.841. The van der Waals surface area contributed by atoms with Gasteiger partial charge in [-0.3, -0.25) is 4.40 Å². The van der Waals surface area contributed by atoms with Crippen LogP contribution in [0.25, 0.3) is 5.52 Å². The summed E-state index contributed by atoms with van der Waals surface area (Å²) in [5, 5.41) is 1.21. The summed E-state index contributed by atoms with van der Waals surface area (Å²) in [4.78, 5) is 13.9. The van der Waals surface area contributed by atoms with E-state index < -0.39 is 0 Å². The number of aryl methyl sites for hydroxylation is 1. The second kappa shape index (κ2) is 8.36. The molecule has 2 heterocycles. The van der Waals surface area contributed by atoms with Crippen LogP contribution in [0, 0.1) is 0 Å². The molecule has 0 unspecified atom stereocenters. The minimum Gasteiger partial charge on any atom is -0.355 e. The van der Waals surface area contributed by atoms with Crippen LogP contribution < -0.4 is 9.80 Å². The zero-order valence-electron chi connectivity index (χ0n) is 16.2. The van der Waals surface area contributed by atoms with Crippen molar-refractivity contribution < 1.29 is 0 Å². The van der Waals surface area contributed by atoms with Gasteiger partial charge in [0.2, 0.25) is 5.95 Å². The number of fused-ring (bicyclic) bond motifs is 1. The molecule has 0 fully saturated rings. The fourth-order valence-corrected chi connectivity index (χ4v) is 3.87. The molecule has 5 nitrogen and oxygen atoms in total. The molecule has 0 saturated heterocycles. The van der Waals surface area contributed by atoms with Crippen LogP contribution >= 0.6 is 23.2 Å². The molecular weight excluding hydrogens is 381 g/mol. The molecule has 0 saturated carbocycles. The fourth-order valence-electron chi connectivity index (χ4n) is 3.34. The van der Waals surface area contributed by atoms with Gasteiger partial charge < -0.3 is 9.80 Å². The largest absolute Gasteiger partial charge is 0.355 e. The van der Waals surface area contributed by atoms with Gasteiger partial charge in [-0.1, -0.05) is 36.5 Å². The number of imidazole rings is 1. The Hall–Kier alpha value is -1.98. The Balaban J connectivity index is 2.20. The van der Waals surface area contributed by atoms with E-state index in [4.69, 9.17) is 28.2 Å². The van der Waals surface area contributed by atoms with E-state index in [1.807, 2.05) is 36.5 Å². The van der Waals surface area contributed by atoms with Crippen LogP contribution in [0.3, 0.4) is 0 Å². The Morgan fingerprint density at radius 3 is 2.48 bits per heavy atom. The maximum absolute atomic E-state index is 6.44. The summed E-state index contributed by atoms with van der Waals surface area (Å²) in [5.74, 6) is 1.79. The number of rotatable bonds is 7. The van der Waals surface area contributed by atoms with Crippen LogP contribution in [0.2, 0.25) is 10.0 Å². The minimum atomic E-state index is 0.594. The van der Waals surface area contributed by atoms with E-state index in [1.165, 1.54) is 0 Å². The molecule has 2 aromatic heterocycles. The SMILES string of the molecule is CCCc1nc(N(C)c2ccc(Cl)cc2Cl)n2ccnc(N(CC)CC)c12. The van der Waals surface area contributed by atoms with Crippen molar-refractivity contribution in [3.05, 3.63) is 46.3 Å². The number of anilines is 3. The van der Waals surface area contributed by atoms with Crippen molar-refractivity contribution in [2.45, 2.75) is 33.6 Å². The van der Waals surface area contributed by atoms with Gasteiger partial charge in [-0.2, -0.15) is 0 Å². The lowest BCUT2D eigenvalue weighted by Gasteiger charge is -2.22. The molecule has 0 bridgehead atoms. The Kier molecular flexibility index (Phi) is 6.12. The molecule has 3 rings (SSSR count). The Labute approximate surface area is 170 Å². The van der Waals surface area contributed by atoms with Gasteiger partial charge in [0.25, 0.3) is 0 Å². The third-order valence-electron chi connectivity index (χ3n) is 4.71. The van der Waals surface area contributed by atoms with Crippen LogP contribution in [-0.4, -0.2) is 34.5 Å². The maximum atomic E-state index is 6.44. The monoisotopic (exact) mass is 405 g/mol. The molecule has 0 aliphatic heterocycles. The van der Waals surface area contributed by atoms with Crippen molar-refractivity contribution in [3.8, 4) is 0 Å². The third kappa shape index (κ3) is 3.71. The first-order valence-electron chi connectivity index (χ1n) is 9.31. The lowest BCUT2D eigenvalue weighted by atomic mass is 10.2. The van der Waals surface area contributed by atoms with E-state index in [1.54, 1.807) is 6.07 Å². The van der Waals surface area contributed by atoms with E-state index >= 15 is 0 Å². The molecule has 0 spiro atoms. The molecule has 3 aromatic rings. The Morgan fingerprint density at radius 1 is 1.11 bits per heavy atom. The molecule has 0 aliphatic rings. The van der Waals surface area contributed by atoms with Crippen LogP contribution in [-0.2, 0) is 6.42 Å². The highest BCUT2D eigenvalue weighted by atomic mass is 35.5. The van der Waals surface area contributed by atoms with Crippen molar-refractivity contribution >= 4 is 46.2 Å². The first-order valence-corrected chi connectivity index (χ1v) is 10.1. The van der Waals surface area contributed by atoms with Crippen molar-refractivity contribution in [1.29, 1.82) is 0 Å². The van der Waals surface area contributed by atoms with Gasteiger partial charge >= 0.3 is 0 Å².